The molecule has 1 aliphatic heterocycles. The number of aromatic nitrogens is 3. The Bertz CT molecular complexity index is 709. The van der Waals surface area contributed by atoms with E-state index in [2.05, 4.69) is 10.3 Å². The molecular formula is C14H16N4O3. The molecule has 0 radical (unpaired) electrons. The number of hydrogen-bond acceptors (Lipinski definition) is 4. The van der Waals surface area contributed by atoms with Crippen LogP contribution < -0.4 is 0 Å². The first kappa shape index (κ1) is 13.5. The number of hydrogen-bond donors (Lipinski definition) is 1. The van der Waals surface area contributed by atoms with Crippen molar-refractivity contribution in [3.8, 4) is 0 Å². The van der Waals surface area contributed by atoms with Crippen LogP contribution in [0.5, 0.6) is 0 Å². The number of carboxylic acids is 1. The number of nitrogens with zero attached hydrogens (tertiary/aromatic N) is 4. The molecule has 21 heavy (non-hydrogen) atoms. The van der Waals surface area contributed by atoms with Crippen LogP contribution in [0.3, 0.4) is 0 Å². The minimum atomic E-state index is -0.836. The van der Waals surface area contributed by atoms with E-state index in [1.165, 1.54) is 0 Å². The van der Waals surface area contributed by atoms with Gasteiger partial charge in [-0.15, -0.1) is 5.10 Å². The van der Waals surface area contributed by atoms with Crippen LogP contribution in [0.2, 0.25) is 0 Å². The lowest BCUT2D eigenvalue weighted by Gasteiger charge is -2.30. The van der Waals surface area contributed by atoms with Crippen molar-refractivity contribution < 1.29 is 14.7 Å². The molecule has 1 aromatic heterocycles. The molecule has 7 nitrogen and oxygen atoms in total. The zero-order valence-corrected chi connectivity index (χ0v) is 11.7. The lowest BCUT2D eigenvalue weighted by Crippen LogP contribution is -2.42. The van der Waals surface area contributed by atoms with Crippen LogP contribution in [0.4, 0.5) is 0 Å². The van der Waals surface area contributed by atoms with Crippen molar-refractivity contribution in [3.05, 3.63) is 23.8 Å². The number of piperidine rings is 1. The second kappa shape index (κ2) is 5.16. The third-order valence-electron chi connectivity index (χ3n) is 3.92. The van der Waals surface area contributed by atoms with Crippen molar-refractivity contribution >= 4 is 22.9 Å². The first-order valence-electron chi connectivity index (χ1n) is 6.88. The van der Waals surface area contributed by atoms with E-state index >= 15 is 0 Å². The summed E-state index contributed by atoms with van der Waals surface area (Å²) in [5.74, 6) is -1.45. The zero-order chi connectivity index (χ0) is 15.0. The predicted octanol–water partition coefficient (Wildman–Crippen LogP) is 0.905. The lowest BCUT2D eigenvalue weighted by molar-refractivity contribution is -0.143. The fourth-order valence-corrected chi connectivity index (χ4v) is 2.72. The highest BCUT2D eigenvalue weighted by Gasteiger charge is 2.28. The van der Waals surface area contributed by atoms with Crippen molar-refractivity contribution in [1.29, 1.82) is 0 Å². The molecule has 3 rings (SSSR count). The quantitative estimate of drug-likeness (QED) is 0.887. The van der Waals surface area contributed by atoms with E-state index in [1.807, 2.05) is 0 Å². The Hall–Kier alpha value is -2.44. The van der Waals surface area contributed by atoms with Crippen molar-refractivity contribution in [3.63, 3.8) is 0 Å². The summed E-state index contributed by atoms with van der Waals surface area (Å²) in [5.41, 5.74) is 2.04. The second-order valence-corrected chi connectivity index (χ2v) is 5.35. The third kappa shape index (κ3) is 2.46. The molecule has 1 N–H and O–H groups in total. The highest BCUT2D eigenvalue weighted by Crippen LogP contribution is 2.20. The molecule has 1 saturated heterocycles. The summed E-state index contributed by atoms with van der Waals surface area (Å²) in [4.78, 5) is 25.2. The van der Waals surface area contributed by atoms with E-state index < -0.39 is 11.9 Å². The minimum Gasteiger partial charge on any atom is -0.481 e. The van der Waals surface area contributed by atoms with Gasteiger partial charge < -0.3 is 10.0 Å². The molecular weight excluding hydrogens is 272 g/mol. The molecule has 1 unspecified atom stereocenters. The maximum Gasteiger partial charge on any atom is 0.308 e. The smallest absolute Gasteiger partial charge is 0.308 e. The first-order valence-corrected chi connectivity index (χ1v) is 6.88. The molecule has 1 atom stereocenters. The van der Waals surface area contributed by atoms with E-state index in [4.69, 9.17) is 5.11 Å². The molecule has 1 aromatic carbocycles. The number of likely N-dealkylation sites (tertiary alicyclic amines) is 1. The van der Waals surface area contributed by atoms with E-state index in [9.17, 15) is 9.59 Å². The molecule has 110 valence electrons. The summed E-state index contributed by atoms with van der Waals surface area (Å²) < 4.78 is 1.64. The van der Waals surface area contributed by atoms with Gasteiger partial charge in [0, 0.05) is 25.7 Å². The predicted molar refractivity (Wildman–Crippen MR) is 74.8 cm³/mol. The third-order valence-corrected chi connectivity index (χ3v) is 3.92. The fraction of sp³-hybridized carbons (Fsp3) is 0.429. The number of carbonyl (C=O) groups is 2. The van der Waals surface area contributed by atoms with Gasteiger partial charge in [0.15, 0.2) is 0 Å². The van der Waals surface area contributed by atoms with Gasteiger partial charge >= 0.3 is 5.97 Å². The molecule has 1 aliphatic rings. The normalized spacial score (nSPS) is 18.9. The summed E-state index contributed by atoms with van der Waals surface area (Å²) in [6, 6.07) is 5.24. The highest BCUT2D eigenvalue weighted by atomic mass is 16.4. The molecule has 1 amide bonds. The number of fused-ring (bicyclic) bond motifs is 1. The van der Waals surface area contributed by atoms with Crippen LogP contribution in [0.15, 0.2) is 18.2 Å². The molecule has 7 heteroatoms. The average molecular weight is 288 g/mol. The van der Waals surface area contributed by atoms with Crippen molar-refractivity contribution in [2.75, 3.05) is 13.1 Å². The van der Waals surface area contributed by atoms with E-state index in [0.29, 0.717) is 24.0 Å². The van der Waals surface area contributed by atoms with E-state index in [0.717, 1.165) is 11.9 Å². The van der Waals surface area contributed by atoms with Crippen molar-refractivity contribution in [2.45, 2.75) is 12.8 Å². The van der Waals surface area contributed by atoms with Gasteiger partial charge in [-0.05, 0) is 31.0 Å². The Morgan fingerprint density at radius 1 is 1.38 bits per heavy atom. The Morgan fingerprint density at radius 2 is 2.19 bits per heavy atom. The maximum atomic E-state index is 12.5. The molecule has 0 saturated carbocycles. The number of aliphatic carboxylic acids is 1. The lowest BCUT2D eigenvalue weighted by atomic mass is 9.97. The number of benzene rings is 1. The van der Waals surface area contributed by atoms with Crippen LogP contribution in [0.1, 0.15) is 23.2 Å². The molecule has 2 heterocycles. The first-order chi connectivity index (χ1) is 10.1. The molecule has 0 aliphatic carbocycles. The number of carboxylic acid groups (broad SMARTS) is 1. The van der Waals surface area contributed by atoms with Crippen molar-refractivity contribution in [1.82, 2.24) is 19.9 Å². The van der Waals surface area contributed by atoms with Gasteiger partial charge in [-0.3, -0.25) is 9.59 Å². The number of carbonyl (C=O) groups excluding carboxylic acids is 1. The average Bonchev–Trinajstić information content (AvgIpc) is 2.87. The van der Waals surface area contributed by atoms with Crippen LogP contribution in [-0.4, -0.2) is 50.0 Å². The summed E-state index contributed by atoms with van der Waals surface area (Å²) in [7, 11) is 1.79. The van der Waals surface area contributed by atoms with Crippen LogP contribution in [0, 0.1) is 5.92 Å². The van der Waals surface area contributed by atoms with Gasteiger partial charge in [0.2, 0.25) is 0 Å². The number of amides is 1. The van der Waals surface area contributed by atoms with Crippen LogP contribution in [0.25, 0.3) is 11.0 Å². The highest BCUT2D eigenvalue weighted by molar-refractivity contribution is 5.97. The summed E-state index contributed by atoms with van der Waals surface area (Å²) in [6.07, 6.45) is 1.35. The van der Waals surface area contributed by atoms with Gasteiger partial charge in [-0.25, -0.2) is 4.68 Å². The molecule has 2 aromatic rings. The van der Waals surface area contributed by atoms with Gasteiger partial charge in [0.1, 0.15) is 5.52 Å². The molecule has 1 fully saturated rings. The summed E-state index contributed by atoms with van der Waals surface area (Å²) in [5, 5.41) is 17.0. The van der Waals surface area contributed by atoms with E-state index in [1.54, 1.807) is 34.8 Å². The topological polar surface area (TPSA) is 88.3 Å². The second-order valence-electron chi connectivity index (χ2n) is 5.35. The van der Waals surface area contributed by atoms with Gasteiger partial charge in [-0.2, -0.15) is 0 Å². The Balaban J connectivity index is 1.84. The standard InChI is InChI=1S/C14H16N4O3/c1-17-12-5-4-9(7-11(12)15-16-17)13(19)18-6-2-3-10(8-18)14(20)21/h4-5,7,10H,2-3,6,8H2,1H3,(H,20,21). The zero-order valence-electron chi connectivity index (χ0n) is 11.7. The minimum absolute atomic E-state index is 0.145. The SMILES string of the molecule is Cn1nnc2cc(C(=O)N3CCCC(C(=O)O)C3)ccc21. The Labute approximate surface area is 121 Å². The summed E-state index contributed by atoms with van der Waals surface area (Å²) in [6.45, 7) is 0.869. The van der Waals surface area contributed by atoms with E-state index in [-0.39, 0.29) is 12.5 Å². The summed E-state index contributed by atoms with van der Waals surface area (Å²) >= 11 is 0. The van der Waals surface area contributed by atoms with Crippen LogP contribution in [-0.2, 0) is 11.8 Å². The number of aryl methyl sites for hydroxylation is 1. The number of rotatable bonds is 2. The van der Waals surface area contributed by atoms with Crippen molar-refractivity contribution in [2.24, 2.45) is 13.0 Å². The van der Waals surface area contributed by atoms with Gasteiger partial charge in [-0.1, -0.05) is 5.21 Å². The van der Waals surface area contributed by atoms with Gasteiger partial charge in [0.05, 0.1) is 11.4 Å². The Kier molecular flexibility index (Phi) is 3.32. The van der Waals surface area contributed by atoms with Gasteiger partial charge in [0.25, 0.3) is 5.91 Å². The Morgan fingerprint density at radius 3 is 2.95 bits per heavy atom. The molecule has 0 bridgehead atoms. The molecule has 0 spiro atoms. The largest absolute Gasteiger partial charge is 0.481 e. The monoisotopic (exact) mass is 288 g/mol. The maximum absolute atomic E-state index is 12.5. The van der Waals surface area contributed by atoms with Crippen LogP contribution >= 0.6 is 0 Å². The fourth-order valence-electron chi connectivity index (χ4n) is 2.72.